The second kappa shape index (κ2) is 5.40. The second-order valence-corrected chi connectivity index (χ2v) is 9.66. The molecule has 90 valence electrons. The van der Waals surface area contributed by atoms with Crippen LogP contribution in [0.1, 0.15) is 25.7 Å². The highest BCUT2D eigenvalue weighted by Crippen LogP contribution is 2.21. The van der Waals surface area contributed by atoms with E-state index in [1.54, 1.807) is 0 Å². The van der Waals surface area contributed by atoms with Gasteiger partial charge in [0.15, 0.2) is 0 Å². The lowest BCUT2D eigenvalue weighted by Crippen LogP contribution is -2.47. The highest BCUT2D eigenvalue weighted by Gasteiger charge is 2.30. The standard InChI is InChI=1S/C12H21NO2Si/c1-5-8-11-9-6-7-10-13(11)12(14)15-16(2,3)4/h1,11H,6-10H2,2-4H3. The van der Waals surface area contributed by atoms with Crippen molar-refractivity contribution >= 4 is 14.4 Å². The van der Waals surface area contributed by atoms with E-state index in [2.05, 4.69) is 5.92 Å². The lowest BCUT2D eigenvalue weighted by atomic mass is 10.0. The summed E-state index contributed by atoms with van der Waals surface area (Å²) in [4.78, 5) is 13.8. The summed E-state index contributed by atoms with van der Waals surface area (Å²) in [5.74, 6) is 2.65. The van der Waals surface area contributed by atoms with Gasteiger partial charge in [-0.1, -0.05) is 0 Å². The van der Waals surface area contributed by atoms with Gasteiger partial charge in [0.25, 0.3) is 0 Å². The number of piperidine rings is 1. The normalized spacial score (nSPS) is 21.4. The number of hydrogen-bond donors (Lipinski definition) is 0. The molecule has 0 aliphatic carbocycles. The summed E-state index contributed by atoms with van der Waals surface area (Å²) in [7, 11) is -1.80. The number of likely N-dealkylation sites (tertiary alicyclic amines) is 1. The van der Waals surface area contributed by atoms with Crippen LogP contribution in [0, 0.1) is 12.3 Å². The Kier molecular flexibility index (Phi) is 4.42. The molecule has 1 atom stereocenters. The van der Waals surface area contributed by atoms with Gasteiger partial charge in [-0.25, -0.2) is 4.79 Å². The first-order valence-corrected chi connectivity index (χ1v) is 9.28. The molecule has 1 heterocycles. The van der Waals surface area contributed by atoms with Crippen LogP contribution in [-0.2, 0) is 4.43 Å². The summed E-state index contributed by atoms with van der Waals surface area (Å²) in [5, 5.41) is 0. The molecule has 0 saturated carbocycles. The summed E-state index contributed by atoms with van der Waals surface area (Å²) < 4.78 is 5.51. The molecule has 1 aliphatic heterocycles. The Balaban J connectivity index is 2.61. The predicted octanol–water partition coefficient (Wildman–Crippen LogP) is 2.84. The quantitative estimate of drug-likeness (QED) is 0.548. The fraction of sp³-hybridized carbons (Fsp3) is 0.750. The predicted molar refractivity (Wildman–Crippen MR) is 67.6 cm³/mol. The second-order valence-electron chi connectivity index (χ2n) is 5.23. The molecule has 0 bridgehead atoms. The van der Waals surface area contributed by atoms with Crippen LogP contribution >= 0.6 is 0 Å². The van der Waals surface area contributed by atoms with Gasteiger partial charge in [-0.15, -0.1) is 12.3 Å². The number of nitrogens with zero attached hydrogens (tertiary/aromatic N) is 1. The Labute approximate surface area is 99.3 Å². The number of terminal acetylenes is 1. The van der Waals surface area contributed by atoms with Gasteiger partial charge >= 0.3 is 6.09 Å². The van der Waals surface area contributed by atoms with E-state index in [1.807, 2.05) is 24.5 Å². The van der Waals surface area contributed by atoms with Crippen molar-refractivity contribution in [3.05, 3.63) is 0 Å². The van der Waals surface area contributed by atoms with Crippen molar-refractivity contribution < 1.29 is 9.22 Å². The average Bonchev–Trinajstić information content (AvgIpc) is 2.16. The molecule has 0 aromatic carbocycles. The lowest BCUT2D eigenvalue weighted by Gasteiger charge is -2.35. The Bertz CT molecular complexity index is 290. The fourth-order valence-corrected chi connectivity index (χ4v) is 2.55. The van der Waals surface area contributed by atoms with Crippen molar-refractivity contribution in [3.8, 4) is 12.3 Å². The highest BCUT2D eigenvalue weighted by atomic mass is 28.4. The molecule has 0 N–H and O–H groups in total. The van der Waals surface area contributed by atoms with Crippen molar-refractivity contribution in [1.82, 2.24) is 4.90 Å². The Morgan fingerprint density at radius 2 is 2.19 bits per heavy atom. The zero-order valence-electron chi connectivity index (χ0n) is 10.5. The van der Waals surface area contributed by atoms with Crippen molar-refractivity contribution in [1.29, 1.82) is 0 Å². The molecule has 0 aromatic heterocycles. The third-order valence-corrected chi connectivity index (χ3v) is 3.40. The summed E-state index contributed by atoms with van der Waals surface area (Å²) in [6.45, 7) is 6.84. The molecule has 0 aromatic rings. The first-order valence-electron chi connectivity index (χ1n) is 5.87. The van der Waals surface area contributed by atoms with E-state index < -0.39 is 8.32 Å². The molecule has 0 radical (unpaired) electrons. The molecule has 1 aliphatic rings. The third kappa shape index (κ3) is 3.90. The van der Waals surface area contributed by atoms with E-state index >= 15 is 0 Å². The number of carbonyl (C=O) groups excluding carboxylic acids is 1. The summed E-state index contributed by atoms with van der Waals surface area (Å²) in [5.41, 5.74) is 0. The van der Waals surface area contributed by atoms with Crippen molar-refractivity contribution in [2.45, 2.75) is 51.4 Å². The molecule has 0 spiro atoms. The van der Waals surface area contributed by atoms with E-state index in [0.29, 0.717) is 6.42 Å². The summed E-state index contributed by atoms with van der Waals surface area (Å²) in [6.07, 6.45) is 9.02. The third-order valence-electron chi connectivity index (χ3n) is 2.61. The largest absolute Gasteiger partial charge is 0.504 e. The minimum Gasteiger partial charge on any atom is -0.504 e. The zero-order valence-corrected chi connectivity index (χ0v) is 11.5. The topological polar surface area (TPSA) is 29.5 Å². The maximum Gasteiger partial charge on any atom is 0.396 e. The van der Waals surface area contributed by atoms with Gasteiger partial charge < -0.3 is 9.33 Å². The van der Waals surface area contributed by atoms with Crippen LogP contribution in [0.3, 0.4) is 0 Å². The Morgan fingerprint density at radius 1 is 1.50 bits per heavy atom. The van der Waals surface area contributed by atoms with E-state index in [1.165, 1.54) is 0 Å². The van der Waals surface area contributed by atoms with Crippen molar-refractivity contribution in [2.75, 3.05) is 6.54 Å². The number of amides is 1. The molecule has 1 unspecified atom stereocenters. The molecular weight excluding hydrogens is 218 g/mol. The minimum atomic E-state index is -1.80. The highest BCUT2D eigenvalue weighted by molar-refractivity contribution is 6.71. The number of rotatable bonds is 2. The molecule has 4 heteroatoms. The van der Waals surface area contributed by atoms with E-state index in [9.17, 15) is 4.79 Å². The summed E-state index contributed by atoms with van der Waals surface area (Å²) in [6, 6.07) is 0.183. The van der Waals surface area contributed by atoms with Crippen LogP contribution in [0.4, 0.5) is 4.79 Å². The van der Waals surface area contributed by atoms with Gasteiger partial charge in [0, 0.05) is 19.0 Å². The maximum absolute atomic E-state index is 12.0. The number of hydrogen-bond acceptors (Lipinski definition) is 2. The summed E-state index contributed by atoms with van der Waals surface area (Å²) >= 11 is 0. The van der Waals surface area contributed by atoms with Crippen LogP contribution in [0.5, 0.6) is 0 Å². The smallest absolute Gasteiger partial charge is 0.396 e. The maximum atomic E-state index is 12.0. The fourth-order valence-electron chi connectivity index (χ4n) is 1.91. The molecule has 3 nitrogen and oxygen atoms in total. The zero-order chi connectivity index (χ0) is 12.2. The van der Waals surface area contributed by atoms with E-state index in [4.69, 9.17) is 10.8 Å². The monoisotopic (exact) mass is 239 g/mol. The van der Waals surface area contributed by atoms with E-state index in [0.717, 1.165) is 25.8 Å². The molecule has 1 amide bonds. The van der Waals surface area contributed by atoms with Gasteiger partial charge in [0.1, 0.15) is 0 Å². The van der Waals surface area contributed by atoms with Crippen LogP contribution < -0.4 is 0 Å². The van der Waals surface area contributed by atoms with Gasteiger partial charge in [-0.05, 0) is 38.9 Å². The van der Waals surface area contributed by atoms with E-state index in [-0.39, 0.29) is 12.1 Å². The molecular formula is C12H21NO2Si. The van der Waals surface area contributed by atoms with Gasteiger partial charge in [-0.2, -0.15) is 0 Å². The molecule has 1 fully saturated rings. The Morgan fingerprint density at radius 3 is 2.75 bits per heavy atom. The van der Waals surface area contributed by atoms with Crippen LogP contribution in [0.2, 0.25) is 19.6 Å². The van der Waals surface area contributed by atoms with Crippen LogP contribution in [-0.4, -0.2) is 31.9 Å². The van der Waals surface area contributed by atoms with Gasteiger partial charge in [0.2, 0.25) is 8.32 Å². The molecule has 1 rings (SSSR count). The molecule has 1 saturated heterocycles. The number of carbonyl (C=O) groups is 1. The first-order chi connectivity index (χ1) is 7.44. The Hall–Kier alpha value is -0.953. The SMILES string of the molecule is C#CCC1CCCCN1C(=O)O[Si](C)(C)C. The lowest BCUT2D eigenvalue weighted by molar-refractivity contribution is 0.112. The van der Waals surface area contributed by atoms with Crippen LogP contribution in [0.15, 0.2) is 0 Å². The minimum absolute atomic E-state index is 0.167. The van der Waals surface area contributed by atoms with Crippen molar-refractivity contribution in [2.24, 2.45) is 0 Å². The van der Waals surface area contributed by atoms with Crippen LogP contribution in [0.25, 0.3) is 0 Å². The van der Waals surface area contributed by atoms with Gasteiger partial charge in [-0.3, -0.25) is 0 Å². The van der Waals surface area contributed by atoms with Crippen molar-refractivity contribution in [3.63, 3.8) is 0 Å². The molecule has 16 heavy (non-hydrogen) atoms. The van der Waals surface area contributed by atoms with Gasteiger partial charge in [0.05, 0.1) is 0 Å². The average molecular weight is 239 g/mol. The first kappa shape index (κ1) is 13.1.